The number of nitrogens with zero attached hydrogens (tertiary/aromatic N) is 3. The second kappa shape index (κ2) is 6.24. The minimum Gasteiger partial charge on any atom is -0.377 e. The average Bonchev–Trinajstić information content (AvgIpc) is 2.28. The number of hydrazine groups is 1. The Morgan fingerprint density at radius 3 is 2.88 bits per heavy atom. The van der Waals surface area contributed by atoms with E-state index in [0.717, 1.165) is 12.4 Å². The van der Waals surface area contributed by atoms with E-state index in [1.165, 1.54) is 6.33 Å². The van der Waals surface area contributed by atoms with E-state index >= 15 is 0 Å². The van der Waals surface area contributed by atoms with E-state index in [9.17, 15) is 0 Å². The fourth-order valence-corrected chi connectivity index (χ4v) is 1.17. The summed E-state index contributed by atoms with van der Waals surface area (Å²) in [4.78, 5) is 10.1. The number of likely N-dealkylation sites (N-methyl/N-ethyl adjacent to an activating group) is 1. The van der Waals surface area contributed by atoms with Gasteiger partial charge in [0.15, 0.2) is 0 Å². The lowest BCUT2D eigenvalue weighted by Crippen LogP contribution is -2.25. The molecule has 0 aliphatic carbocycles. The molecule has 0 radical (unpaired) electrons. The minimum atomic E-state index is 0.250. The second-order valence-electron chi connectivity index (χ2n) is 3.75. The van der Waals surface area contributed by atoms with Crippen LogP contribution in [-0.4, -0.2) is 36.3 Å². The molecule has 90 valence electrons. The van der Waals surface area contributed by atoms with Crippen molar-refractivity contribution in [2.24, 2.45) is 5.84 Å². The molecule has 0 fully saturated rings. The van der Waals surface area contributed by atoms with Crippen molar-refractivity contribution in [2.75, 3.05) is 30.5 Å². The molecular weight excluding hydrogens is 206 g/mol. The van der Waals surface area contributed by atoms with Gasteiger partial charge < -0.3 is 15.1 Å². The third-order valence-corrected chi connectivity index (χ3v) is 2.07. The molecule has 0 bridgehead atoms. The van der Waals surface area contributed by atoms with Crippen LogP contribution < -0.4 is 16.2 Å². The molecule has 0 aliphatic rings. The van der Waals surface area contributed by atoms with Crippen molar-refractivity contribution in [2.45, 2.75) is 20.0 Å². The first-order valence-corrected chi connectivity index (χ1v) is 5.25. The Balaban J connectivity index is 2.48. The van der Waals surface area contributed by atoms with Crippen LogP contribution in [0.3, 0.4) is 0 Å². The fraction of sp³-hybridized carbons (Fsp3) is 0.600. The summed E-state index contributed by atoms with van der Waals surface area (Å²) in [6, 6.07) is 1.79. The van der Waals surface area contributed by atoms with E-state index in [2.05, 4.69) is 15.4 Å². The quantitative estimate of drug-likeness (QED) is 0.546. The minimum absolute atomic E-state index is 0.250. The molecule has 16 heavy (non-hydrogen) atoms. The summed E-state index contributed by atoms with van der Waals surface area (Å²) in [5, 5.41) is 0. The Hall–Kier alpha value is -1.40. The summed E-state index contributed by atoms with van der Waals surface area (Å²) in [7, 11) is 1.95. The highest BCUT2D eigenvalue weighted by Crippen LogP contribution is 2.11. The molecule has 0 saturated heterocycles. The Bertz CT molecular complexity index is 318. The molecule has 1 aromatic rings. The molecule has 6 heteroatoms. The SMILES string of the molecule is CC(C)OCCN(C)c1cc(NN)ncn1. The zero-order valence-electron chi connectivity index (χ0n) is 9.97. The molecule has 1 aromatic heterocycles. The lowest BCUT2D eigenvalue weighted by molar-refractivity contribution is 0.0845. The topological polar surface area (TPSA) is 76.3 Å². The van der Waals surface area contributed by atoms with Gasteiger partial charge in [-0.25, -0.2) is 15.8 Å². The number of nitrogens with two attached hydrogens (primary N) is 1. The van der Waals surface area contributed by atoms with Crippen LogP contribution in [0.15, 0.2) is 12.4 Å². The third-order valence-electron chi connectivity index (χ3n) is 2.07. The van der Waals surface area contributed by atoms with Crippen molar-refractivity contribution in [3.8, 4) is 0 Å². The lowest BCUT2D eigenvalue weighted by Gasteiger charge is -2.19. The van der Waals surface area contributed by atoms with Crippen LogP contribution in [0.25, 0.3) is 0 Å². The van der Waals surface area contributed by atoms with Crippen molar-refractivity contribution in [3.05, 3.63) is 12.4 Å². The summed E-state index contributed by atoms with van der Waals surface area (Å²) in [5.41, 5.74) is 2.49. The van der Waals surface area contributed by atoms with Crippen LogP contribution in [0.5, 0.6) is 0 Å². The van der Waals surface area contributed by atoms with Gasteiger partial charge in [0.25, 0.3) is 0 Å². The van der Waals surface area contributed by atoms with E-state index in [0.29, 0.717) is 12.4 Å². The maximum Gasteiger partial charge on any atom is 0.145 e. The molecule has 0 spiro atoms. The number of anilines is 2. The lowest BCUT2D eigenvalue weighted by atomic mass is 10.4. The number of hydrogen-bond acceptors (Lipinski definition) is 6. The largest absolute Gasteiger partial charge is 0.377 e. The van der Waals surface area contributed by atoms with E-state index in [-0.39, 0.29) is 6.10 Å². The highest BCUT2D eigenvalue weighted by Gasteiger charge is 2.04. The molecule has 0 unspecified atom stereocenters. The normalized spacial score (nSPS) is 10.6. The predicted molar refractivity (Wildman–Crippen MR) is 64.2 cm³/mol. The van der Waals surface area contributed by atoms with Crippen molar-refractivity contribution in [1.29, 1.82) is 0 Å². The predicted octanol–water partition coefficient (Wildman–Crippen LogP) is 0.623. The van der Waals surface area contributed by atoms with Crippen molar-refractivity contribution >= 4 is 11.6 Å². The van der Waals surface area contributed by atoms with Gasteiger partial charge in [0.05, 0.1) is 12.7 Å². The van der Waals surface area contributed by atoms with Crippen molar-refractivity contribution in [3.63, 3.8) is 0 Å². The summed E-state index contributed by atoms with van der Waals surface area (Å²) in [5.74, 6) is 6.69. The maximum atomic E-state index is 5.47. The van der Waals surface area contributed by atoms with Gasteiger partial charge in [0.2, 0.25) is 0 Å². The molecule has 3 N–H and O–H groups in total. The maximum absolute atomic E-state index is 5.47. The van der Waals surface area contributed by atoms with Crippen molar-refractivity contribution in [1.82, 2.24) is 9.97 Å². The van der Waals surface area contributed by atoms with Gasteiger partial charge in [-0.2, -0.15) is 0 Å². The van der Waals surface area contributed by atoms with Crippen LogP contribution in [0.4, 0.5) is 11.6 Å². The van der Waals surface area contributed by atoms with Gasteiger partial charge in [-0.15, -0.1) is 0 Å². The second-order valence-corrected chi connectivity index (χ2v) is 3.75. The van der Waals surface area contributed by atoms with E-state index in [1.54, 1.807) is 6.07 Å². The summed E-state index contributed by atoms with van der Waals surface area (Å²) < 4.78 is 5.47. The Morgan fingerprint density at radius 2 is 2.25 bits per heavy atom. The third kappa shape index (κ3) is 4.00. The molecule has 0 atom stereocenters. The number of nitrogens with one attached hydrogen (secondary N) is 1. The Labute approximate surface area is 95.8 Å². The number of hydrogen-bond donors (Lipinski definition) is 2. The molecular formula is C10H19N5O. The van der Waals surface area contributed by atoms with E-state index in [4.69, 9.17) is 10.6 Å². The highest BCUT2D eigenvalue weighted by molar-refractivity contribution is 5.47. The van der Waals surface area contributed by atoms with Gasteiger partial charge in [-0.3, -0.25) is 0 Å². The zero-order valence-corrected chi connectivity index (χ0v) is 9.97. The smallest absolute Gasteiger partial charge is 0.145 e. The number of ether oxygens (including phenoxy) is 1. The van der Waals surface area contributed by atoms with E-state index < -0.39 is 0 Å². The van der Waals surface area contributed by atoms with Gasteiger partial charge in [0.1, 0.15) is 18.0 Å². The van der Waals surface area contributed by atoms with Crippen LogP contribution in [-0.2, 0) is 4.74 Å². The molecule has 1 heterocycles. The average molecular weight is 225 g/mol. The summed E-state index contributed by atoms with van der Waals surface area (Å²) in [6.07, 6.45) is 1.73. The van der Waals surface area contributed by atoms with Crippen LogP contribution in [0.1, 0.15) is 13.8 Å². The van der Waals surface area contributed by atoms with Gasteiger partial charge in [-0.05, 0) is 13.8 Å². The van der Waals surface area contributed by atoms with Crippen LogP contribution in [0, 0.1) is 0 Å². The first-order chi connectivity index (χ1) is 7.63. The molecule has 0 saturated carbocycles. The summed E-state index contributed by atoms with van der Waals surface area (Å²) >= 11 is 0. The zero-order chi connectivity index (χ0) is 12.0. The highest BCUT2D eigenvalue weighted by atomic mass is 16.5. The number of rotatable bonds is 6. The molecule has 1 rings (SSSR count). The Kier molecular flexibility index (Phi) is 4.94. The first kappa shape index (κ1) is 12.7. The number of aromatic nitrogens is 2. The van der Waals surface area contributed by atoms with Gasteiger partial charge in [0, 0.05) is 19.7 Å². The monoisotopic (exact) mass is 225 g/mol. The fourth-order valence-electron chi connectivity index (χ4n) is 1.17. The van der Waals surface area contributed by atoms with Crippen molar-refractivity contribution < 1.29 is 4.74 Å². The van der Waals surface area contributed by atoms with Gasteiger partial charge in [-0.1, -0.05) is 0 Å². The standard InChI is InChI=1S/C10H19N5O/c1-8(2)16-5-4-15(3)10-6-9(14-11)12-7-13-10/h6-8H,4-5,11H2,1-3H3,(H,12,13,14). The molecule has 0 aliphatic heterocycles. The van der Waals surface area contributed by atoms with Crippen LogP contribution in [0.2, 0.25) is 0 Å². The Morgan fingerprint density at radius 1 is 1.50 bits per heavy atom. The molecule has 0 aromatic carbocycles. The molecule has 0 amide bonds. The van der Waals surface area contributed by atoms with Gasteiger partial charge >= 0.3 is 0 Å². The van der Waals surface area contributed by atoms with Crippen LogP contribution >= 0.6 is 0 Å². The number of nitrogen functional groups attached to an aromatic ring is 1. The first-order valence-electron chi connectivity index (χ1n) is 5.25. The summed E-state index contributed by atoms with van der Waals surface area (Å²) in [6.45, 7) is 5.48. The molecule has 6 nitrogen and oxygen atoms in total. The van der Waals surface area contributed by atoms with E-state index in [1.807, 2.05) is 25.8 Å².